The Balaban J connectivity index is 1.01. The summed E-state index contributed by atoms with van der Waals surface area (Å²) in [4.78, 5) is 2.34. The highest BCUT2D eigenvalue weighted by molar-refractivity contribution is 6.22. The van der Waals surface area contributed by atoms with E-state index >= 15 is 0 Å². The SMILES string of the molecule is c1ccc(N(c2ccccc2)c2cccc3oc4c5ccccc5c(-c5ccc(-c6cccc7c6C6(c8ccccc8-c8ccccc86)c6ccccc6-7)cc5)cc4c23)cc1. The van der Waals surface area contributed by atoms with Crippen LogP contribution < -0.4 is 4.90 Å². The average Bonchev–Trinajstić information content (AvgIpc) is 3.97. The van der Waals surface area contributed by atoms with Gasteiger partial charge in [-0.15, -0.1) is 0 Å². The van der Waals surface area contributed by atoms with Crippen molar-refractivity contribution in [3.05, 3.63) is 247 Å². The molecule has 2 heteroatoms. The number of benzene rings is 10. The lowest BCUT2D eigenvalue weighted by Gasteiger charge is -2.32. The van der Waals surface area contributed by atoms with Crippen molar-refractivity contribution in [1.29, 1.82) is 0 Å². The second kappa shape index (κ2) is 13.0. The van der Waals surface area contributed by atoms with E-state index in [0.29, 0.717) is 0 Å². The van der Waals surface area contributed by atoms with Gasteiger partial charge in [-0.2, -0.15) is 0 Å². The summed E-state index contributed by atoms with van der Waals surface area (Å²) in [5.74, 6) is 0. The normalized spacial score (nSPS) is 13.0. The third-order valence-electron chi connectivity index (χ3n) is 13.3. The lowest BCUT2D eigenvalue weighted by Crippen LogP contribution is -2.26. The molecule has 1 spiro atoms. The lowest BCUT2D eigenvalue weighted by molar-refractivity contribution is 0.672. The highest BCUT2D eigenvalue weighted by Crippen LogP contribution is 2.64. The Morgan fingerprint density at radius 3 is 1.44 bits per heavy atom. The topological polar surface area (TPSA) is 16.4 Å². The molecule has 0 N–H and O–H groups in total. The van der Waals surface area contributed by atoms with Gasteiger partial charge in [0.1, 0.15) is 11.2 Å². The van der Waals surface area contributed by atoms with Crippen LogP contribution in [0.15, 0.2) is 229 Å². The molecule has 0 radical (unpaired) electrons. The first-order valence-electron chi connectivity index (χ1n) is 21.1. The molecule has 1 heterocycles. The van der Waals surface area contributed by atoms with Crippen molar-refractivity contribution < 1.29 is 4.42 Å². The summed E-state index contributed by atoms with van der Waals surface area (Å²) in [5, 5.41) is 4.46. The number of furan rings is 1. The summed E-state index contributed by atoms with van der Waals surface area (Å²) in [6, 6.07) is 82.0. The minimum absolute atomic E-state index is 0.414. The Kier molecular flexibility index (Phi) is 7.26. The Hall–Kier alpha value is -7.94. The maximum Gasteiger partial charge on any atom is 0.143 e. The van der Waals surface area contributed by atoms with E-state index in [4.69, 9.17) is 4.42 Å². The van der Waals surface area contributed by atoms with Crippen LogP contribution in [0.2, 0.25) is 0 Å². The molecule has 2 aliphatic rings. The van der Waals surface area contributed by atoms with Crippen LogP contribution in [0.3, 0.4) is 0 Å². The molecule has 0 saturated heterocycles. The van der Waals surface area contributed by atoms with Gasteiger partial charge in [0.15, 0.2) is 0 Å². The van der Waals surface area contributed by atoms with E-state index in [9.17, 15) is 0 Å². The minimum atomic E-state index is -0.414. The van der Waals surface area contributed by atoms with Gasteiger partial charge >= 0.3 is 0 Å². The molecular weight excluding hydrogens is 739 g/mol. The zero-order valence-corrected chi connectivity index (χ0v) is 33.2. The fourth-order valence-corrected chi connectivity index (χ4v) is 10.9. The Bertz CT molecular complexity index is 3420. The van der Waals surface area contributed by atoms with Crippen LogP contribution in [0.5, 0.6) is 0 Å². The van der Waals surface area contributed by atoms with Gasteiger partial charge < -0.3 is 9.32 Å². The van der Waals surface area contributed by atoms with Crippen molar-refractivity contribution in [2.45, 2.75) is 5.41 Å². The van der Waals surface area contributed by atoms with Crippen LogP contribution in [-0.2, 0) is 5.41 Å². The molecule has 0 bridgehead atoms. The first-order chi connectivity index (χ1) is 30.3. The molecule has 61 heavy (non-hydrogen) atoms. The van der Waals surface area contributed by atoms with E-state index in [1.54, 1.807) is 0 Å². The first-order valence-corrected chi connectivity index (χ1v) is 21.1. The molecule has 0 unspecified atom stereocenters. The number of para-hydroxylation sites is 2. The summed E-state index contributed by atoms with van der Waals surface area (Å²) >= 11 is 0. The van der Waals surface area contributed by atoms with Crippen LogP contribution >= 0.6 is 0 Å². The van der Waals surface area contributed by atoms with Gasteiger partial charge in [0.05, 0.1) is 16.5 Å². The van der Waals surface area contributed by atoms with Gasteiger partial charge in [0, 0.05) is 22.1 Å². The molecule has 1 aromatic heterocycles. The van der Waals surface area contributed by atoms with E-state index in [1.165, 1.54) is 72.1 Å². The van der Waals surface area contributed by atoms with E-state index in [2.05, 4.69) is 229 Å². The van der Waals surface area contributed by atoms with Crippen LogP contribution in [-0.4, -0.2) is 0 Å². The number of hydrogen-bond acceptors (Lipinski definition) is 2. The number of anilines is 3. The predicted octanol–water partition coefficient (Wildman–Crippen LogP) is 15.9. The van der Waals surface area contributed by atoms with Crippen LogP contribution in [0.25, 0.3) is 77.2 Å². The largest absolute Gasteiger partial charge is 0.455 e. The van der Waals surface area contributed by atoms with Gasteiger partial charge in [-0.1, -0.05) is 182 Å². The van der Waals surface area contributed by atoms with Crippen molar-refractivity contribution >= 4 is 49.8 Å². The molecule has 0 aliphatic heterocycles. The van der Waals surface area contributed by atoms with Crippen LogP contribution in [0, 0.1) is 0 Å². The van der Waals surface area contributed by atoms with Crippen LogP contribution in [0.1, 0.15) is 22.3 Å². The molecule has 10 aromatic carbocycles. The van der Waals surface area contributed by atoms with Crippen molar-refractivity contribution in [2.24, 2.45) is 0 Å². The maximum atomic E-state index is 6.83. The van der Waals surface area contributed by atoms with Gasteiger partial charge in [0.25, 0.3) is 0 Å². The van der Waals surface area contributed by atoms with Gasteiger partial charge in [-0.05, 0) is 115 Å². The average molecular weight is 776 g/mol. The number of fused-ring (bicyclic) bond motifs is 15. The Labute approximate surface area is 354 Å². The fraction of sp³-hybridized carbons (Fsp3) is 0.0169. The van der Waals surface area contributed by atoms with Crippen molar-refractivity contribution in [3.8, 4) is 44.5 Å². The molecule has 0 saturated carbocycles. The van der Waals surface area contributed by atoms with Gasteiger partial charge in [-0.25, -0.2) is 0 Å². The first kappa shape index (κ1) is 34.0. The molecule has 0 fully saturated rings. The molecule has 0 atom stereocenters. The second-order valence-corrected chi connectivity index (χ2v) is 16.3. The van der Waals surface area contributed by atoms with Crippen LogP contribution in [0.4, 0.5) is 17.1 Å². The standard InChI is InChI=1S/C59H37NO/c1-3-17-40(18-4-1)60(41-19-5-2-6-20-41)54-31-16-32-55-56(54)50-37-49(43-21-7-8-25-48(43)58(50)61-55)39-35-33-38(34-36-39)42-26-15-27-47-46-24-11-14-30-53(46)59(57(42)47)51-28-12-9-22-44(51)45-23-10-13-29-52(45)59/h1-37H. The van der Waals surface area contributed by atoms with E-state index in [-0.39, 0.29) is 0 Å². The lowest BCUT2D eigenvalue weighted by atomic mass is 9.68. The predicted molar refractivity (Wildman–Crippen MR) is 253 cm³/mol. The summed E-state index contributed by atoms with van der Waals surface area (Å²) in [5.41, 5.74) is 20.1. The molecule has 0 amide bonds. The monoisotopic (exact) mass is 775 g/mol. The molecule has 2 aliphatic carbocycles. The summed E-state index contributed by atoms with van der Waals surface area (Å²) in [6.07, 6.45) is 0. The molecule has 2 nitrogen and oxygen atoms in total. The Morgan fingerprint density at radius 1 is 0.344 bits per heavy atom. The van der Waals surface area contributed by atoms with Crippen molar-refractivity contribution in [3.63, 3.8) is 0 Å². The highest BCUT2D eigenvalue weighted by Gasteiger charge is 2.52. The van der Waals surface area contributed by atoms with Gasteiger partial charge in [0.2, 0.25) is 0 Å². The molecule has 11 aromatic rings. The Morgan fingerprint density at radius 2 is 0.820 bits per heavy atom. The number of nitrogens with zero attached hydrogens (tertiary/aromatic N) is 1. The highest BCUT2D eigenvalue weighted by atomic mass is 16.3. The smallest absolute Gasteiger partial charge is 0.143 e. The van der Waals surface area contributed by atoms with Crippen molar-refractivity contribution in [1.82, 2.24) is 0 Å². The third-order valence-corrected chi connectivity index (χ3v) is 13.3. The summed E-state index contributed by atoms with van der Waals surface area (Å²) in [6.45, 7) is 0. The zero-order chi connectivity index (χ0) is 40.1. The molecule has 13 rings (SSSR count). The van der Waals surface area contributed by atoms with E-state index in [0.717, 1.165) is 44.4 Å². The fourth-order valence-electron chi connectivity index (χ4n) is 10.9. The van der Waals surface area contributed by atoms with E-state index < -0.39 is 5.41 Å². The number of hydrogen-bond donors (Lipinski definition) is 0. The number of rotatable bonds is 5. The maximum absolute atomic E-state index is 6.83. The molecular formula is C59H37NO. The third kappa shape index (κ3) is 4.73. The summed E-state index contributed by atoms with van der Waals surface area (Å²) < 4.78 is 6.83. The van der Waals surface area contributed by atoms with Crippen molar-refractivity contribution in [2.75, 3.05) is 4.90 Å². The quantitative estimate of drug-likeness (QED) is 0.173. The minimum Gasteiger partial charge on any atom is -0.455 e. The summed E-state index contributed by atoms with van der Waals surface area (Å²) in [7, 11) is 0. The molecule has 284 valence electrons. The zero-order valence-electron chi connectivity index (χ0n) is 33.2. The second-order valence-electron chi connectivity index (χ2n) is 16.3. The van der Waals surface area contributed by atoms with E-state index in [1.807, 2.05) is 0 Å². The van der Waals surface area contributed by atoms with Gasteiger partial charge in [-0.3, -0.25) is 0 Å².